The molecular formula is C24H21N3O2S. The summed E-state index contributed by atoms with van der Waals surface area (Å²) in [6, 6.07) is 19.2. The Morgan fingerprint density at radius 1 is 0.967 bits per heavy atom. The van der Waals surface area contributed by atoms with Crippen molar-refractivity contribution in [2.24, 2.45) is 0 Å². The minimum atomic E-state index is -0.407. The molecule has 0 fully saturated rings. The quantitative estimate of drug-likeness (QED) is 0.545. The zero-order valence-corrected chi connectivity index (χ0v) is 17.2. The number of nitrogens with one attached hydrogen (secondary N) is 1. The molecule has 6 heteroatoms. The van der Waals surface area contributed by atoms with Crippen molar-refractivity contribution in [2.75, 3.05) is 0 Å². The third-order valence-electron chi connectivity index (χ3n) is 5.59. The Balaban J connectivity index is 1.54. The van der Waals surface area contributed by atoms with Crippen LogP contribution in [-0.4, -0.2) is 15.3 Å². The largest absolute Gasteiger partial charge is 0.341 e. The topological polar surface area (TPSA) is 63.5 Å². The predicted molar refractivity (Wildman–Crippen MR) is 118 cm³/mol. The average Bonchev–Trinajstić information content (AvgIpc) is 3.18. The number of carbonyl (C=O) groups excluding carboxylic acids is 1. The fourth-order valence-electron chi connectivity index (χ4n) is 4.08. The normalized spacial score (nSPS) is 13.4. The maximum Gasteiger partial charge on any atom is 0.271 e. The summed E-state index contributed by atoms with van der Waals surface area (Å²) in [5.41, 5.74) is 2.74. The molecule has 30 heavy (non-hydrogen) atoms. The van der Waals surface area contributed by atoms with Crippen molar-refractivity contribution in [3.8, 4) is 0 Å². The molecule has 5 nitrogen and oxygen atoms in total. The first-order chi connectivity index (χ1) is 14.7. The second kappa shape index (κ2) is 7.88. The summed E-state index contributed by atoms with van der Waals surface area (Å²) < 4.78 is 1.65. The van der Waals surface area contributed by atoms with Crippen LogP contribution in [0.3, 0.4) is 0 Å². The van der Waals surface area contributed by atoms with Crippen LogP contribution in [0.15, 0.2) is 71.7 Å². The molecule has 1 aliphatic rings. The van der Waals surface area contributed by atoms with Crippen LogP contribution in [-0.2, 0) is 12.8 Å². The van der Waals surface area contributed by atoms with E-state index in [1.165, 1.54) is 11.1 Å². The first-order valence-electron chi connectivity index (χ1n) is 10.2. The zero-order chi connectivity index (χ0) is 20.5. The van der Waals surface area contributed by atoms with Crippen LogP contribution in [0.4, 0.5) is 0 Å². The van der Waals surface area contributed by atoms with E-state index in [1.54, 1.807) is 15.7 Å². The van der Waals surface area contributed by atoms with Crippen LogP contribution in [0.25, 0.3) is 4.96 Å². The number of aromatic nitrogens is 2. The summed E-state index contributed by atoms with van der Waals surface area (Å²) in [7, 11) is 0. The van der Waals surface area contributed by atoms with Crippen molar-refractivity contribution in [3.05, 3.63) is 104 Å². The van der Waals surface area contributed by atoms with E-state index in [0.717, 1.165) is 42.5 Å². The van der Waals surface area contributed by atoms with Crippen LogP contribution >= 0.6 is 11.3 Å². The highest BCUT2D eigenvalue weighted by atomic mass is 32.1. The molecule has 0 unspecified atom stereocenters. The van der Waals surface area contributed by atoms with E-state index in [9.17, 15) is 9.59 Å². The first-order valence-corrected chi connectivity index (χ1v) is 11.0. The highest BCUT2D eigenvalue weighted by Gasteiger charge is 2.23. The van der Waals surface area contributed by atoms with Crippen LogP contribution in [0, 0.1) is 0 Å². The SMILES string of the molecule is O=C(NC(c1ccccc1)c1ccccc1)c1cnc2sc3c(n2c1=O)CCCC3. The van der Waals surface area contributed by atoms with E-state index in [4.69, 9.17) is 0 Å². The molecule has 1 aliphatic carbocycles. The molecule has 0 spiro atoms. The molecule has 2 heterocycles. The number of aryl methyl sites for hydroxylation is 2. The van der Waals surface area contributed by atoms with Gasteiger partial charge < -0.3 is 5.32 Å². The first kappa shape index (κ1) is 18.8. The Bertz CT molecular complexity index is 1220. The van der Waals surface area contributed by atoms with Gasteiger partial charge in [-0.15, -0.1) is 11.3 Å². The second-order valence-corrected chi connectivity index (χ2v) is 8.56. The fraction of sp³-hybridized carbons (Fsp3) is 0.208. The van der Waals surface area contributed by atoms with Gasteiger partial charge in [-0.05, 0) is 36.8 Å². The molecule has 2 aromatic carbocycles. The van der Waals surface area contributed by atoms with Crippen LogP contribution in [0.5, 0.6) is 0 Å². The average molecular weight is 416 g/mol. The Kier molecular flexibility index (Phi) is 4.93. The summed E-state index contributed by atoms with van der Waals surface area (Å²) >= 11 is 1.56. The van der Waals surface area contributed by atoms with Gasteiger partial charge in [0.05, 0.1) is 6.04 Å². The Morgan fingerprint density at radius 2 is 1.60 bits per heavy atom. The number of nitrogens with zero attached hydrogens (tertiary/aromatic N) is 2. The molecule has 150 valence electrons. The molecule has 0 bridgehead atoms. The van der Waals surface area contributed by atoms with Gasteiger partial charge in [0.15, 0.2) is 4.96 Å². The minimum absolute atomic E-state index is 0.0792. The zero-order valence-electron chi connectivity index (χ0n) is 16.4. The monoisotopic (exact) mass is 415 g/mol. The molecule has 0 atom stereocenters. The van der Waals surface area contributed by atoms with Crippen LogP contribution in [0.2, 0.25) is 0 Å². The maximum absolute atomic E-state index is 13.2. The summed E-state index contributed by atoms with van der Waals surface area (Å²) in [5, 5.41) is 3.05. The third-order valence-corrected chi connectivity index (χ3v) is 6.75. The number of hydrogen-bond donors (Lipinski definition) is 1. The predicted octanol–water partition coefficient (Wildman–Crippen LogP) is 4.15. The lowest BCUT2D eigenvalue weighted by Gasteiger charge is -2.20. The molecule has 0 saturated heterocycles. The van der Waals surface area contributed by atoms with Gasteiger partial charge in [-0.2, -0.15) is 0 Å². The molecule has 1 N–H and O–H groups in total. The van der Waals surface area contributed by atoms with Gasteiger partial charge >= 0.3 is 0 Å². The van der Waals surface area contributed by atoms with Gasteiger partial charge in [-0.1, -0.05) is 60.7 Å². The number of amides is 1. The molecule has 0 radical (unpaired) electrons. The number of rotatable bonds is 4. The molecule has 0 saturated carbocycles. The molecule has 0 aliphatic heterocycles. The van der Waals surface area contributed by atoms with Gasteiger partial charge in [0.25, 0.3) is 11.5 Å². The minimum Gasteiger partial charge on any atom is -0.341 e. The van der Waals surface area contributed by atoms with E-state index in [1.807, 2.05) is 60.7 Å². The fourth-order valence-corrected chi connectivity index (χ4v) is 5.25. The third kappa shape index (κ3) is 3.33. The van der Waals surface area contributed by atoms with Crippen molar-refractivity contribution in [2.45, 2.75) is 31.7 Å². The van der Waals surface area contributed by atoms with Gasteiger partial charge in [0, 0.05) is 16.8 Å². The second-order valence-electron chi connectivity index (χ2n) is 7.50. The van der Waals surface area contributed by atoms with Crippen LogP contribution in [0.1, 0.15) is 50.9 Å². The highest BCUT2D eigenvalue weighted by molar-refractivity contribution is 7.17. The smallest absolute Gasteiger partial charge is 0.271 e. The summed E-state index contributed by atoms with van der Waals surface area (Å²) in [6.07, 6.45) is 5.46. The van der Waals surface area contributed by atoms with Gasteiger partial charge in [-0.3, -0.25) is 14.0 Å². The van der Waals surface area contributed by atoms with Crippen molar-refractivity contribution in [3.63, 3.8) is 0 Å². The van der Waals surface area contributed by atoms with E-state index >= 15 is 0 Å². The summed E-state index contributed by atoms with van der Waals surface area (Å²) in [5.74, 6) is -0.407. The summed E-state index contributed by atoms with van der Waals surface area (Å²) in [4.78, 5) is 32.8. The van der Waals surface area contributed by atoms with Gasteiger partial charge in [0.1, 0.15) is 5.56 Å². The molecule has 1 amide bonds. The summed E-state index contributed by atoms with van der Waals surface area (Å²) in [6.45, 7) is 0. The lowest BCUT2D eigenvalue weighted by molar-refractivity contribution is 0.0941. The van der Waals surface area contributed by atoms with Crippen LogP contribution < -0.4 is 10.9 Å². The molecule has 5 rings (SSSR count). The van der Waals surface area contributed by atoms with E-state index < -0.39 is 5.91 Å². The Hall–Kier alpha value is -3.25. The molecule has 4 aromatic rings. The van der Waals surface area contributed by atoms with E-state index in [-0.39, 0.29) is 17.2 Å². The lowest BCUT2D eigenvalue weighted by atomic mass is 9.98. The standard InChI is InChI=1S/C24H21N3O2S/c28-22(26-21(16-9-3-1-4-10-16)17-11-5-2-6-12-17)18-15-25-24-27(23(18)29)19-13-7-8-14-20(19)30-24/h1-6,9-12,15,21H,7-8,13-14H2,(H,26,28). The molecule has 2 aromatic heterocycles. The van der Waals surface area contributed by atoms with Crippen molar-refractivity contribution in [1.29, 1.82) is 0 Å². The van der Waals surface area contributed by atoms with E-state index in [0.29, 0.717) is 4.96 Å². The highest BCUT2D eigenvalue weighted by Crippen LogP contribution is 2.28. The number of hydrogen-bond acceptors (Lipinski definition) is 4. The number of thiazole rings is 1. The lowest BCUT2D eigenvalue weighted by Crippen LogP contribution is -2.35. The number of benzene rings is 2. The Morgan fingerprint density at radius 3 is 2.27 bits per heavy atom. The van der Waals surface area contributed by atoms with E-state index in [2.05, 4.69) is 10.3 Å². The van der Waals surface area contributed by atoms with Crippen molar-refractivity contribution >= 4 is 22.2 Å². The Labute approximate surface area is 178 Å². The maximum atomic E-state index is 13.2. The molecular weight excluding hydrogens is 394 g/mol. The number of fused-ring (bicyclic) bond motifs is 3. The van der Waals surface area contributed by atoms with Crippen molar-refractivity contribution < 1.29 is 4.79 Å². The van der Waals surface area contributed by atoms with Crippen molar-refractivity contribution in [1.82, 2.24) is 14.7 Å². The van der Waals surface area contributed by atoms with Gasteiger partial charge in [0.2, 0.25) is 0 Å². The van der Waals surface area contributed by atoms with Gasteiger partial charge in [-0.25, -0.2) is 4.98 Å². The number of carbonyl (C=O) groups is 1.